The predicted molar refractivity (Wildman–Crippen MR) is 57.3 cm³/mol. The molecule has 0 N–H and O–H groups in total. The van der Waals surface area contributed by atoms with Crippen molar-refractivity contribution in [3.63, 3.8) is 0 Å². The van der Waals surface area contributed by atoms with Crippen LogP contribution in [-0.4, -0.2) is 12.9 Å². The first-order valence-electron chi connectivity index (χ1n) is 4.25. The van der Waals surface area contributed by atoms with E-state index < -0.39 is 0 Å². The van der Waals surface area contributed by atoms with Crippen LogP contribution in [0, 0.1) is 0 Å². The van der Waals surface area contributed by atoms with Gasteiger partial charge in [-0.1, -0.05) is 23.2 Å². The predicted octanol–water partition coefficient (Wildman–Crippen LogP) is 3.35. The molecular formula is C10H10Cl2O2. The lowest BCUT2D eigenvalue weighted by atomic mass is 10.3. The highest BCUT2D eigenvalue weighted by Gasteiger charge is 1.99. The molecule has 0 aliphatic carbocycles. The maximum absolute atomic E-state index is 10.0. The Labute approximate surface area is 92.8 Å². The van der Waals surface area contributed by atoms with Crippen LogP contribution in [0.15, 0.2) is 18.2 Å². The van der Waals surface area contributed by atoms with Crippen LogP contribution in [0.2, 0.25) is 10.0 Å². The van der Waals surface area contributed by atoms with Crippen LogP contribution in [0.4, 0.5) is 0 Å². The molecule has 4 heteroatoms. The first-order chi connectivity index (χ1) is 6.74. The number of carbonyl (C=O) groups is 1. The summed E-state index contributed by atoms with van der Waals surface area (Å²) in [5.74, 6) is 0.672. The van der Waals surface area contributed by atoms with Gasteiger partial charge < -0.3 is 9.53 Å². The van der Waals surface area contributed by atoms with Gasteiger partial charge in [0.25, 0.3) is 0 Å². The van der Waals surface area contributed by atoms with Gasteiger partial charge in [-0.3, -0.25) is 0 Å². The van der Waals surface area contributed by atoms with E-state index in [1.54, 1.807) is 18.2 Å². The molecular weight excluding hydrogens is 223 g/mol. The van der Waals surface area contributed by atoms with Gasteiger partial charge >= 0.3 is 0 Å². The van der Waals surface area contributed by atoms with Gasteiger partial charge in [-0.05, 0) is 18.6 Å². The summed E-state index contributed by atoms with van der Waals surface area (Å²) >= 11 is 11.5. The molecule has 0 fully saturated rings. The Morgan fingerprint density at radius 1 is 1.29 bits per heavy atom. The second kappa shape index (κ2) is 5.89. The fourth-order valence-corrected chi connectivity index (χ4v) is 1.21. The van der Waals surface area contributed by atoms with E-state index in [-0.39, 0.29) is 0 Å². The maximum atomic E-state index is 10.0. The first-order valence-corrected chi connectivity index (χ1v) is 5.01. The molecule has 1 aromatic rings. The zero-order valence-corrected chi connectivity index (χ0v) is 9.02. The molecule has 1 rings (SSSR count). The van der Waals surface area contributed by atoms with Crippen LogP contribution in [0.1, 0.15) is 12.8 Å². The van der Waals surface area contributed by atoms with E-state index in [0.717, 1.165) is 6.29 Å². The molecule has 0 unspecified atom stereocenters. The van der Waals surface area contributed by atoms with Crippen molar-refractivity contribution in [3.8, 4) is 5.75 Å². The van der Waals surface area contributed by atoms with Crippen molar-refractivity contribution in [2.45, 2.75) is 12.8 Å². The Bertz CT molecular complexity index is 313. The van der Waals surface area contributed by atoms with E-state index >= 15 is 0 Å². The summed E-state index contributed by atoms with van der Waals surface area (Å²) in [6, 6.07) is 5.08. The highest BCUT2D eigenvalue weighted by atomic mass is 35.5. The number of rotatable bonds is 5. The van der Waals surface area contributed by atoms with Crippen LogP contribution >= 0.6 is 23.2 Å². The molecule has 0 aliphatic heterocycles. The third kappa shape index (κ3) is 3.56. The molecule has 0 saturated heterocycles. The molecule has 2 nitrogen and oxygen atoms in total. The van der Waals surface area contributed by atoms with Crippen LogP contribution in [0.3, 0.4) is 0 Å². The Kier molecular flexibility index (Phi) is 4.77. The lowest BCUT2D eigenvalue weighted by molar-refractivity contribution is -0.108. The quantitative estimate of drug-likeness (QED) is 0.575. The van der Waals surface area contributed by atoms with E-state index in [1.807, 2.05) is 0 Å². The lowest BCUT2D eigenvalue weighted by Gasteiger charge is -2.05. The number of benzene rings is 1. The summed E-state index contributed by atoms with van der Waals surface area (Å²) < 4.78 is 5.34. The smallest absolute Gasteiger partial charge is 0.120 e. The fourth-order valence-electron chi connectivity index (χ4n) is 0.923. The maximum Gasteiger partial charge on any atom is 0.120 e. The minimum absolute atomic E-state index is 0.472. The van der Waals surface area contributed by atoms with Gasteiger partial charge in [-0.25, -0.2) is 0 Å². The Balaban J connectivity index is 2.43. The lowest BCUT2D eigenvalue weighted by Crippen LogP contribution is -1.97. The minimum Gasteiger partial charge on any atom is -0.494 e. The standard InChI is InChI=1S/C10H10Cl2O2/c11-9-4-3-8(7-10(9)12)14-6-2-1-5-13/h3-5,7H,1-2,6H2. The highest BCUT2D eigenvalue weighted by Crippen LogP contribution is 2.26. The van der Waals surface area contributed by atoms with Crippen LogP contribution < -0.4 is 4.74 Å². The largest absolute Gasteiger partial charge is 0.494 e. The van der Waals surface area contributed by atoms with Crippen molar-refractivity contribution in [3.05, 3.63) is 28.2 Å². The first kappa shape index (κ1) is 11.3. The van der Waals surface area contributed by atoms with Gasteiger partial charge in [0.05, 0.1) is 16.7 Å². The third-order valence-electron chi connectivity index (χ3n) is 1.63. The third-order valence-corrected chi connectivity index (χ3v) is 2.37. The van der Waals surface area contributed by atoms with E-state index in [0.29, 0.717) is 35.2 Å². The van der Waals surface area contributed by atoms with Crippen molar-refractivity contribution in [2.75, 3.05) is 6.61 Å². The molecule has 1 aromatic carbocycles. The molecule has 0 radical (unpaired) electrons. The van der Waals surface area contributed by atoms with Gasteiger partial charge in [0, 0.05) is 12.5 Å². The highest BCUT2D eigenvalue weighted by molar-refractivity contribution is 6.42. The van der Waals surface area contributed by atoms with Crippen molar-refractivity contribution >= 4 is 29.5 Å². The van der Waals surface area contributed by atoms with Crippen molar-refractivity contribution in [1.29, 1.82) is 0 Å². The van der Waals surface area contributed by atoms with E-state index in [2.05, 4.69) is 0 Å². The monoisotopic (exact) mass is 232 g/mol. The zero-order valence-electron chi connectivity index (χ0n) is 7.50. The van der Waals surface area contributed by atoms with Crippen LogP contribution in [-0.2, 0) is 4.79 Å². The number of unbranched alkanes of at least 4 members (excludes halogenated alkanes) is 1. The molecule has 0 atom stereocenters. The number of carbonyl (C=O) groups excluding carboxylic acids is 1. The molecule has 0 amide bonds. The van der Waals surface area contributed by atoms with E-state index in [9.17, 15) is 4.79 Å². The molecule has 76 valence electrons. The summed E-state index contributed by atoms with van der Waals surface area (Å²) in [6.45, 7) is 0.511. The molecule has 0 aliphatic rings. The Hall–Kier alpha value is -0.730. The van der Waals surface area contributed by atoms with Crippen molar-refractivity contribution in [2.24, 2.45) is 0 Å². The summed E-state index contributed by atoms with van der Waals surface area (Å²) in [5, 5.41) is 0.978. The molecule has 14 heavy (non-hydrogen) atoms. The fraction of sp³-hybridized carbons (Fsp3) is 0.300. The zero-order chi connectivity index (χ0) is 10.4. The van der Waals surface area contributed by atoms with Crippen LogP contribution in [0.5, 0.6) is 5.75 Å². The normalized spacial score (nSPS) is 9.86. The average molecular weight is 233 g/mol. The second-order valence-corrected chi connectivity index (χ2v) is 3.55. The van der Waals surface area contributed by atoms with Gasteiger partial charge in [0.2, 0.25) is 0 Å². The van der Waals surface area contributed by atoms with Crippen molar-refractivity contribution < 1.29 is 9.53 Å². The second-order valence-electron chi connectivity index (χ2n) is 2.73. The van der Waals surface area contributed by atoms with E-state index in [4.69, 9.17) is 27.9 Å². The molecule has 0 bridgehead atoms. The summed E-state index contributed by atoms with van der Waals surface area (Å²) in [7, 11) is 0. The SMILES string of the molecule is O=CCCCOc1ccc(Cl)c(Cl)c1. The van der Waals surface area contributed by atoms with Gasteiger partial charge in [-0.15, -0.1) is 0 Å². The number of hydrogen-bond acceptors (Lipinski definition) is 2. The van der Waals surface area contributed by atoms with Gasteiger partial charge in [-0.2, -0.15) is 0 Å². The number of aldehydes is 1. The van der Waals surface area contributed by atoms with Crippen molar-refractivity contribution in [1.82, 2.24) is 0 Å². The van der Waals surface area contributed by atoms with Gasteiger partial charge in [0.15, 0.2) is 0 Å². The Morgan fingerprint density at radius 2 is 2.07 bits per heavy atom. The number of hydrogen-bond donors (Lipinski definition) is 0. The summed E-state index contributed by atoms with van der Waals surface area (Å²) in [6.07, 6.45) is 2.10. The molecule has 0 saturated carbocycles. The molecule has 0 heterocycles. The Morgan fingerprint density at radius 3 is 2.71 bits per heavy atom. The van der Waals surface area contributed by atoms with Gasteiger partial charge in [0.1, 0.15) is 12.0 Å². The van der Waals surface area contributed by atoms with Crippen LogP contribution in [0.25, 0.3) is 0 Å². The number of halogens is 2. The average Bonchev–Trinajstić information content (AvgIpc) is 2.18. The topological polar surface area (TPSA) is 26.3 Å². The summed E-state index contributed by atoms with van der Waals surface area (Å²) in [4.78, 5) is 10.0. The summed E-state index contributed by atoms with van der Waals surface area (Å²) in [5.41, 5.74) is 0. The molecule has 0 aromatic heterocycles. The van der Waals surface area contributed by atoms with E-state index in [1.165, 1.54) is 0 Å². The minimum atomic E-state index is 0.472. The molecule has 0 spiro atoms. The number of ether oxygens (including phenoxy) is 1.